The van der Waals surface area contributed by atoms with Crippen molar-refractivity contribution in [2.75, 3.05) is 18.5 Å². The number of ether oxygens (including phenoxy) is 2. The topological polar surface area (TPSA) is 62.8 Å². The average Bonchev–Trinajstić information content (AvgIpc) is 3.32. The summed E-state index contributed by atoms with van der Waals surface area (Å²) in [4.78, 5) is 0. The largest absolute Gasteiger partial charge is 0.393 e. The second-order valence-electron chi connectivity index (χ2n) is 15.4. The number of aliphatic hydroxyl groups excluding tert-OH is 1. The van der Waals surface area contributed by atoms with Crippen molar-refractivity contribution in [1.82, 2.24) is 5.32 Å². The summed E-state index contributed by atoms with van der Waals surface area (Å²) in [6.07, 6.45) is 8.39. The highest BCUT2D eigenvalue weighted by Crippen LogP contribution is 2.65. The molecule has 3 N–H and O–H groups in total. The Morgan fingerprint density at radius 3 is 2.41 bits per heavy atom. The van der Waals surface area contributed by atoms with Gasteiger partial charge in [0.25, 0.3) is 0 Å². The predicted molar refractivity (Wildman–Crippen MR) is 177 cm³/mol. The number of hydrogen-bond donors (Lipinski definition) is 3. The quantitative estimate of drug-likeness (QED) is 0.284. The van der Waals surface area contributed by atoms with Gasteiger partial charge in [0.2, 0.25) is 0 Å². The molecule has 4 aliphatic carbocycles. The number of anilines is 1. The molecular weight excluding hydrogens is 568 g/mol. The number of halogens is 1. The fourth-order valence-electron chi connectivity index (χ4n) is 9.33. The maximum atomic E-state index is 11.3. The number of rotatable bonds is 6. The highest BCUT2D eigenvalue weighted by atomic mass is 35.5. The van der Waals surface area contributed by atoms with Crippen LogP contribution in [0.15, 0.2) is 72.1 Å². The first-order valence-corrected chi connectivity index (χ1v) is 17.2. The van der Waals surface area contributed by atoms with Crippen molar-refractivity contribution in [2.45, 2.75) is 96.5 Å². The zero-order valence-corrected chi connectivity index (χ0v) is 27.4. The summed E-state index contributed by atoms with van der Waals surface area (Å²) in [6, 6.07) is 16.8. The SMILES string of the molecule is C=C(NCc1ccc(C2CC3(C)C(O)CCC3C3CCC4CC5(CCC4=C23)OCC(C)(C)CO5)cc1)Nc1ccc(Cl)cc1. The molecule has 1 saturated heterocycles. The fourth-order valence-corrected chi connectivity index (χ4v) is 9.45. The van der Waals surface area contributed by atoms with Crippen LogP contribution in [0, 0.1) is 28.6 Å². The van der Waals surface area contributed by atoms with Gasteiger partial charge in [0.05, 0.1) is 25.1 Å². The van der Waals surface area contributed by atoms with Gasteiger partial charge in [-0.2, -0.15) is 0 Å². The van der Waals surface area contributed by atoms with Crippen LogP contribution < -0.4 is 10.6 Å². The predicted octanol–water partition coefficient (Wildman–Crippen LogP) is 8.55. The Morgan fingerprint density at radius 2 is 1.68 bits per heavy atom. The standard InChI is InChI=1S/C38H49ClN2O3/c1-24(41-29-12-10-28(39)11-13-29)40-21-25-5-7-26(8-6-25)32-20-37(4)33(15-16-34(37)42)31-14-9-27-19-38(18-17-30(27)35(31)32)43-22-36(2,3)23-44-38/h5-8,10-13,27,31-34,40-42H,1,9,14-23H2,2-4H3. The number of benzene rings is 2. The van der Waals surface area contributed by atoms with Crippen LogP contribution in [0.25, 0.3) is 0 Å². The van der Waals surface area contributed by atoms with E-state index in [2.05, 4.69) is 62.2 Å². The van der Waals surface area contributed by atoms with Crippen LogP contribution in [0.1, 0.15) is 89.2 Å². The number of allylic oxidation sites excluding steroid dienone is 2. The van der Waals surface area contributed by atoms with Gasteiger partial charge in [0.1, 0.15) is 0 Å². The zero-order chi connectivity index (χ0) is 30.7. The van der Waals surface area contributed by atoms with Gasteiger partial charge in [0.15, 0.2) is 5.79 Å². The molecule has 0 bridgehead atoms. The lowest BCUT2D eigenvalue weighted by molar-refractivity contribution is -0.312. The first-order chi connectivity index (χ1) is 21.0. The summed E-state index contributed by atoms with van der Waals surface area (Å²) in [5, 5.41) is 18.7. The molecule has 5 nitrogen and oxygen atoms in total. The van der Waals surface area contributed by atoms with E-state index >= 15 is 0 Å². The van der Waals surface area contributed by atoms with E-state index < -0.39 is 5.79 Å². The van der Waals surface area contributed by atoms with Crippen LogP contribution in [0.3, 0.4) is 0 Å². The Hall–Kier alpha value is -2.31. The lowest BCUT2D eigenvalue weighted by Gasteiger charge is -2.55. The van der Waals surface area contributed by atoms with Crippen molar-refractivity contribution in [3.63, 3.8) is 0 Å². The molecular formula is C38H49ClN2O3. The Labute approximate surface area is 268 Å². The fraction of sp³-hybridized carbons (Fsp3) is 0.579. The number of hydrogen-bond acceptors (Lipinski definition) is 5. The van der Waals surface area contributed by atoms with Gasteiger partial charge in [-0.05, 0) is 97.1 Å². The molecule has 1 heterocycles. The van der Waals surface area contributed by atoms with Crippen molar-refractivity contribution in [1.29, 1.82) is 0 Å². The summed E-state index contributed by atoms with van der Waals surface area (Å²) in [5.74, 6) is 2.41. The first kappa shape index (κ1) is 30.3. The summed E-state index contributed by atoms with van der Waals surface area (Å²) >= 11 is 6.02. The summed E-state index contributed by atoms with van der Waals surface area (Å²) in [5.41, 5.74) is 7.06. The minimum absolute atomic E-state index is 0.0192. The van der Waals surface area contributed by atoms with Crippen LogP contribution in [0.5, 0.6) is 0 Å². The van der Waals surface area contributed by atoms with E-state index in [9.17, 15) is 5.11 Å². The number of fused-ring (bicyclic) bond motifs is 4. The van der Waals surface area contributed by atoms with Crippen molar-refractivity contribution in [3.8, 4) is 0 Å². The van der Waals surface area contributed by atoms with Gasteiger partial charge in [-0.3, -0.25) is 0 Å². The average molecular weight is 617 g/mol. The Morgan fingerprint density at radius 1 is 0.955 bits per heavy atom. The molecule has 4 fully saturated rings. The molecule has 1 spiro atoms. The van der Waals surface area contributed by atoms with Crippen LogP contribution in [-0.2, 0) is 16.0 Å². The van der Waals surface area contributed by atoms with Gasteiger partial charge in [-0.15, -0.1) is 0 Å². The molecule has 0 radical (unpaired) electrons. The van der Waals surface area contributed by atoms with Gasteiger partial charge in [-0.1, -0.05) is 74.4 Å². The number of nitrogens with one attached hydrogen (secondary N) is 2. The summed E-state index contributed by atoms with van der Waals surface area (Å²) in [7, 11) is 0. The molecule has 2 aromatic rings. The van der Waals surface area contributed by atoms with E-state index in [1.54, 1.807) is 11.1 Å². The normalized spacial score (nSPS) is 33.7. The van der Waals surface area contributed by atoms with E-state index in [4.69, 9.17) is 21.1 Å². The van der Waals surface area contributed by atoms with Crippen LogP contribution in [0.2, 0.25) is 5.02 Å². The number of aliphatic hydroxyl groups is 1. The lowest BCUT2D eigenvalue weighted by atomic mass is 9.52. The maximum absolute atomic E-state index is 11.3. The molecule has 6 heteroatoms. The molecule has 5 aliphatic rings. The third-order valence-electron chi connectivity index (χ3n) is 11.8. The summed E-state index contributed by atoms with van der Waals surface area (Å²) in [6.45, 7) is 13.2. The maximum Gasteiger partial charge on any atom is 0.169 e. The van der Waals surface area contributed by atoms with Gasteiger partial charge >= 0.3 is 0 Å². The van der Waals surface area contributed by atoms with Crippen molar-refractivity contribution >= 4 is 17.3 Å². The Balaban J connectivity index is 1.11. The second kappa shape index (κ2) is 11.5. The minimum atomic E-state index is -0.402. The molecule has 6 unspecified atom stereocenters. The third-order valence-corrected chi connectivity index (χ3v) is 12.0. The van der Waals surface area contributed by atoms with Crippen LogP contribution in [0.4, 0.5) is 5.69 Å². The van der Waals surface area contributed by atoms with Crippen molar-refractivity contribution in [3.05, 3.63) is 88.2 Å². The lowest BCUT2D eigenvalue weighted by Crippen LogP contribution is -2.52. The third kappa shape index (κ3) is 5.63. The van der Waals surface area contributed by atoms with Crippen LogP contribution >= 0.6 is 11.6 Å². The van der Waals surface area contributed by atoms with E-state index in [-0.39, 0.29) is 16.9 Å². The molecule has 236 valence electrons. The minimum Gasteiger partial charge on any atom is -0.393 e. The van der Waals surface area contributed by atoms with Crippen molar-refractivity contribution in [2.24, 2.45) is 28.6 Å². The molecule has 2 aromatic carbocycles. The van der Waals surface area contributed by atoms with E-state index in [1.807, 2.05) is 24.3 Å². The Bertz CT molecular complexity index is 1410. The molecule has 0 aromatic heterocycles. The smallest absolute Gasteiger partial charge is 0.169 e. The van der Waals surface area contributed by atoms with Crippen molar-refractivity contribution < 1.29 is 14.6 Å². The first-order valence-electron chi connectivity index (χ1n) is 16.8. The van der Waals surface area contributed by atoms with Gasteiger partial charge in [0, 0.05) is 41.4 Å². The van der Waals surface area contributed by atoms with E-state index in [0.717, 1.165) is 68.3 Å². The second-order valence-corrected chi connectivity index (χ2v) is 15.8. The molecule has 44 heavy (non-hydrogen) atoms. The monoisotopic (exact) mass is 616 g/mol. The van der Waals surface area contributed by atoms with Gasteiger partial charge in [-0.25, -0.2) is 0 Å². The molecule has 0 amide bonds. The molecule has 7 rings (SSSR count). The Kier molecular flexibility index (Phi) is 7.93. The zero-order valence-electron chi connectivity index (χ0n) is 26.6. The summed E-state index contributed by atoms with van der Waals surface area (Å²) < 4.78 is 13.0. The molecule has 6 atom stereocenters. The molecule has 3 saturated carbocycles. The van der Waals surface area contributed by atoms with Crippen LogP contribution in [-0.4, -0.2) is 30.2 Å². The van der Waals surface area contributed by atoms with E-state index in [0.29, 0.717) is 30.2 Å². The highest BCUT2D eigenvalue weighted by Gasteiger charge is 2.57. The highest BCUT2D eigenvalue weighted by molar-refractivity contribution is 6.30. The van der Waals surface area contributed by atoms with Gasteiger partial charge < -0.3 is 25.2 Å². The van der Waals surface area contributed by atoms with E-state index in [1.165, 1.54) is 24.0 Å². The molecule has 1 aliphatic heterocycles.